The SMILES string of the molecule is CC1N=C(F)C=CC1(C)[C@H](Nc1cc(Cl)c2ncc(C#N)c(NCC(C)(C)C)c2c1)C1=CN(C2(CF)CC2)NN1. The van der Waals surface area contributed by atoms with Crippen molar-refractivity contribution in [1.82, 2.24) is 21.0 Å². The molecule has 1 aromatic heterocycles. The summed E-state index contributed by atoms with van der Waals surface area (Å²) in [6, 6.07) is 5.10. The van der Waals surface area contributed by atoms with Gasteiger partial charge in [-0.15, -0.1) is 5.53 Å². The lowest BCUT2D eigenvalue weighted by atomic mass is 9.73. The van der Waals surface area contributed by atoms with E-state index in [1.807, 2.05) is 32.2 Å². The molecule has 3 heterocycles. The molecule has 1 aromatic carbocycles. The lowest BCUT2D eigenvalue weighted by Gasteiger charge is -2.41. The Labute approximate surface area is 238 Å². The fourth-order valence-corrected chi connectivity index (χ4v) is 5.38. The number of halogens is 3. The van der Waals surface area contributed by atoms with Gasteiger partial charge in [0.2, 0.25) is 5.97 Å². The molecule has 1 fully saturated rings. The molecular weight excluding hydrogens is 534 g/mol. The van der Waals surface area contributed by atoms with Crippen molar-refractivity contribution in [2.45, 2.75) is 65.1 Å². The minimum atomic E-state index is -0.667. The Bertz CT molecular complexity index is 1450. The molecule has 5 rings (SSSR count). The summed E-state index contributed by atoms with van der Waals surface area (Å²) in [7, 11) is 0. The molecule has 40 heavy (non-hydrogen) atoms. The summed E-state index contributed by atoms with van der Waals surface area (Å²) in [5.41, 5.74) is 8.15. The normalized spacial score (nSPS) is 24.2. The lowest BCUT2D eigenvalue weighted by Crippen LogP contribution is -2.50. The van der Waals surface area contributed by atoms with E-state index in [0.717, 1.165) is 18.5 Å². The molecule has 2 unspecified atom stereocenters. The number of benzene rings is 1. The maximum atomic E-state index is 14.1. The van der Waals surface area contributed by atoms with Crippen LogP contribution in [0.1, 0.15) is 53.0 Å². The summed E-state index contributed by atoms with van der Waals surface area (Å²) in [6.07, 6.45) is 8.11. The maximum Gasteiger partial charge on any atom is 0.208 e. The van der Waals surface area contributed by atoms with Crippen molar-refractivity contribution >= 4 is 39.8 Å². The van der Waals surface area contributed by atoms with Crippen LogP contribution in [0.5, 0.6) is 0 Å². The number of hydrazine groups is 2. The number of pyridine rings is 1. The van der Waals surface area contributed by atoms with Crippen molar-refractivity contribution in [2.24, 2.45) is 15.8 Å². The molecule has 2 aliphatic heterocycles. The van der Waals surface area contributed by atoms with Gasteiger partial charge >= 0.3 is 0 Å². The molecule has 4 N–H and O–H groups in total. The highest BCUT2D eigenvalue weighted by Gasteiger charge is 2.51. The number of hydrogen-bond acceptors (Lipinski definition) is 8. The first-order chi connectivity index (χ1) is 18.9. The number of allylic oxidation sites excluding steroid dienone is 1. The van der Waals surface area contributed by atoms with Crippen molar-refractivity contribution in [2.75, 3.05) is 23.9 Å². The van der Waals surface area contributed by atoms with Crippen LogP contribution in [-0.2, 0) is 0 Å². The van der Waals surface area contributed by atoms with E-state index in [1.54, 1.807) is 11.1 Å². The number of anilines is 2. The van der Waals surface area contributed by atoms with Crippen LogP contribution in [-0.4, -0.2) is 46.8 Å². The van der Waals surface area contributed by atoms with Crippen LogP contribution in [0.2, 0.25) is 5.02 Å². The highest BCUT2D eigenvalue weighted by molar-refractivity contribution is 6.35. The van der Waals surface area contributed by atoms with E-state index in [-0.39, 0.29) is 5.41 Å². The van der Waals surface area contributed by atoms with Gasteiger partial charge in [-0.2, -0.15) is 9.65 Å². The topological polar surface area (TPSA) is 100 Å². The molecule has 0 spiro atoms. The largest absolute Gasteiger partial charge is 0.383 e. The molecule has 212 valence electrons. The summed E-state index contributed by atoms with van der Waals surface area (Å²) in [4.78, 5) is 8.67. The van der Waals surface area contributed by atoms with E-state index < -0.39 is 35.7 Å². The molecule has 3 aliphatic rings. The molecule has 0 bridgehead atoms. The standard InChI is InChI=1S/C29H35ClF2N8/c1-17-28(5,7-6-23(32)36-17)26(22-14-40(39-38-22)29(15-31)8-9-29)37-19-10-20-24(35-16-27(2,3)4)18(12-33)13-34-25(20)21(30)11-19/h6-7,10-11,13-14,17,26,37-39H,8-9,15-16H2,1-5H3,(H,34,35)/t17?,26-,28?/m1/s1. The zero-order valence-electron chi connectivity index (χ0n) is 23.4. The number of dihydropyridines is 1. The first kappa shape index (κ1) is 28.1. The van der Waals surface area contributed by atoms with E-state index in [1.165, 1.54) is 12.3 Å². The zero-order valence-corrected chi connectivity index (χ0v) is 24.1. The van der Waals surface area contributed by atoms with Gasteiger partial charge in [0.25, 0.3) is 0 Å². The van der Waals surface area contributed by atoms with Crippen molar-refractivity contribution < 1.29 is 8.78 Å². The average molecular weight is 569 g/mol. The van der Waals surface area contributed by atoms with Gasteiger partial charge in [0.15, 0.2) is 0 Å². The molecule has 0 radical (unpaired) electrons. The van der Waals surface area contributed by atoms with Gasteiger partial charge in [-0.1, -0.05) is 45.4 Å². The van der Waals surface area contributed by atoms with Crippen molar-refractivity contribution in [3.05, 3.63) is 53.0 Å². The van der Waals surface area contributed by atoms with Crippen LogP contribution in [0.4, 0.5) is 20.2 Å². The van der Waals surface area contributed by atoms with Crippen molar-refractivity contribution in [1.29, 1.82) is 5.26 Å². The third-order valence-corrected chi connectivity index (χ3v) is 8.35. The van der Waals surface area contributed by atoms with E-state index in [2.05, 4.69) is 58.4 Å². The third-order valence-electron chi connectivity index (χ3n) is 8.06. The van der Waals surface area contributed by atoms with Crippen LogP contribution in [0.15, 0.2) is 47.4 Å². The second-order valence-electron chi connectivity index (χ2n) is 12.4. The Balaban J connectivity index is 1.58. The monoisotopic (exact) mass is 568 g/mol. The average Bonchev–Trinajstić information content (AvgIpc) is 3.55. The van der Waals surface area contributed by atoms with E-state index in [9.17, 15) is 14.0 Å². The summed E-state index contributed by atoms with van der Waals surface area (Å²) in [5.74, 6) is -0.523. The fourth-order valence-electron chi connectivity index (χ4n) is 5.11. The van der Waals surface area contributed by atoms with Gasteiger partial charge < -0.3 is 16.1 Å². The van der Waals surface area contributed by atoms with E-state index in [4.69, 9.17) is 11.6 Å². The van der Waals surface area contributed by atoms with Gasteiger partial charge in [-0.25, -0.2) is 4.39 Å². The Morgan fingerprint density at radius 3 is 2.70 bits per heavy atom. The number of fused-ring (bicyclic) bond motifs is 1. The van der Waals surface area contributed by atoms with Gasteiger partial charge in [-0.05, 0) is 43.4 Å². The van der Waals surface area contributed by atoms with Crippen LogP contribution in [0.25, 0.3) is 10.9 Å². The number of aliphatic imine (C=N–C) groups is 1. The number of nitriles is 1. The van der Waals surface area contributed by atoms with Crippen LogP contribution in [0.3, 0.4) is 0 Å². The van der Waals surface area contributed by atoms with Crippen molar-refractivity contribution in [3.63, 3.8) is 0 Å². The minimum absolute atomic E-state index is 0.0288. The summed E-state index contributed by atoms with van der Waals surface area (Å²) < 4.78 is 28.0. The molecule has 11 heteroatoms. The Hall–Kier alpha value is -3.42. The van der Waals surface area contributed by atoms with Gasteiger partial charge in [0.1, 0.15) is 12.7 Å². The number of hydrogen-bond donors (Lipinski definition) is 4. The van der Waals surface area contributed by atoms with Gasteiger partial charge in [0.05, 0.1) is 45.1 Å². The smallest absolute Gasteiger partial charge is 0.208 e. The first-order valence-corrected chi connectivity index (χ1v) is 13.8. The lowest BCUT2D eigenvalue weighted by molar-refractivity contribution is 0.146. The molecular formula is C29H35ClF2N8. The number of nitrogens with one attached hydrogen (secondary N) is 4. The number of aromatic nitrogens is 1. The van der Waals surface area contributed by atoms with Crippen LogP contribution >= 0.6 is 11.6 Å². The van der Waals surface area contributed by atoms with E-state index in [0.29, 0.717) is 39.4 Å². The van der Waals surface area contributed by atoms with Crippen molar-refractivity contribution in [3.8, 4) is 6.07 Å². The predicted octanol–water partition coefficient (Wildman–Crippen LogP) is 6.00. The molecule has 2 aromatic rings. The molecule has 8 nitrogen and oxygen atoms in total. The quantitative estimate of drug-likeness (QED) is 0.310. The van der Waals surface area contributed by atoms with Crippen LogP contribution < -0.4 is 21.6 Å². The summed E-state index contributed by atoms with van der Waals surface area (Å²) in [5, 5.41) is 19.8. The number of rotatable bonds is 8. The predicted molar refractivity (Wildman–Crippen MR) is 156 cm³/mol. The number of nitrogens with zero attached hydrogens (tertiary/aromatic N) is 4. The molecule has 1 saturated carbocycles. The Morgan fingerprint density at radius 1 is 1.32 bits per heavy atom. The van der Waals surface area contributed by atoms with Gasteiger partial charge in [0, 0.05) is 35.4 Å². The third kappa shape index (κ3) is 5.20. The van der Waals surface area contributed by atoms with Gasteiger partial charge in [-0.3, -0.25) is 15.0 Å². The highest BCUT2D eigenvalue weighted by atomic mass is 35.5. The van der Waals surface area contributed by atoms with E-state index >= 15 is 0 Å². The second kappa shape index (κ2) is 10.2. The minimum Gasteiger partial charge on any atom is -0.383 e. The molecule has 3 atom stereocenters. The first-order valence-electron chi connectivity index (χ1n) is 13.4. The summed E-state index contributed by atoms with van der Waals surface area (Å²) >= 11 is 6.75. The second-order valence-corrected chi connectivity index (χ2v) is 12.8. The maximum absolute atomic E-state index is 14.1. The van der Waals surface area contributed by atoms with Crippen LogP contribution in [0, 0.1) is 22.2 Å². The summed E-state index contributed by atoms with van der Waals surface area (Å²) in [6.45, 7) is 10.4. The molecule has 1 aliphatic carbocycles. The number of alkyl halides is 1. The Morgan fingerprint density at radius 2 is 2.08 bits per heavy atom. The highest BCUT2D eigenvalue weighted by Crippen LogP contribution is 2.44. The Kier molecular flexibility index (Phi) is 7.17. The fraction of sp³-hybridized carbons (Fsp3) is 0.483. The zero-order chi connectivity index (χ0) is 28.9. The molecule has 0 amide bonds. The molecule has 0 saturated heterocycles.